The highest BCUT2D eigenvalue weighted by molar-refractivity contribution is 5.94. The second kappa shape index (κ2) is 6.58. The molecule has 1 aliphatic rings. The van der Waals surface area contributed by atoms with Crippen LogP contribution in [0, 0.1) is 17.3 Å². The first-order valence-corrected chi connectivity index (χ1v) is 7.11. The van der Waals surface area contributed by atoms with E-state index in [4.69, 9.17) is 5.11 Å². The van der Waals surface area contributed by atoms with Crippen molar-refractivity contribution >= 4 is 5.91 Å². The van der Waals surface area contributed by atoms with E-state index in [2.05, 4.69) is 24.1 Å². The predicted molar refractivity (Wildman–Crippen MR) is 79.3 cm³/mol. The number of hydrogen-bond donors (Lipinski definition) is 2. The molecule has 0 bridgehead atoms. The van der Waals surface area contributed by atoms with Crippen LogP contribution in [0.5, 0.6) is 0 Å². The van der Waals surface area contributed by atoms with Crippen molar-refractivity contribution in [2.75, 3.05) is 13.2 Å². The lowest BCUT2D eigenvalue weighted by molar-refractivity contribution is 0.0934. The van der Waals surface area contributed by atoms with Crippen LogP contribution in [-0.2, 0) is 0 Å². The van der Waals surface area contributed by atoms with Crippen molar-refractivity contribution in [1.29, 1.82) is 0 Å². The summed E-state index contributed by atoms with van der Waals surface area (Å²) in [5.74, 6) is 5.35. The third kappa shape index (κ3) is 3.85. The lowest BCUT2D eigenvalue weighted by Crippen LogP contribution is -2.34. The predicted octanol–water partition coefficient (Wildman–Crippen LogP) is 2.34. The maximum Gasteiger partial charge on any atom is 0.251 e. The Bertz CT molecular complexity index is 533. The number of rotatable bonds is 3. The van der Waals surface area contributed by atoms with Crippen molar-refractivity contribution in [3.05, 3.63) is 35.4 Å². The van der Waals surface area contributed by atoms with Gasteiger partial charge in [0.25, 0.3) is 5.91 Å². The number of hydrogen-bond acceptors (Lipinski definition) is 2. The summed E-state index contributed by atoms with van der Waals surface area (Å²) in [7, 11) is 0. The first-order chi connectivity index (χ1) is 9.63. The minimum atomic E-state index is -0.172. The minimum Gasteiger partial charge on any atom is -0.384 e. The molecule has 1 amide bonds. The number of amides is 1. The Hall–Kier alpha value is -1.79. The van der Waals surface area contributed by atoms with Crippen LogP contribution in [-0.4, -0.2) is 24.2 Å². The van der Waals surface area contributed by atoms with Crippen LogP contribution in [0.1, 0.15) is 48.5 Å². The van der Waals surface area contributed by atoms with E-state index in [1.54, 1.807) is 12.1 Å². The molecule has 0 radical (unpaired) electrons. The van der Waals surface area contributed by atoms with Gasteiger partial charge < -0.3 is 10.4 Å². The van der Waals surface area contributed by atoms with Crippen LogP contribution in [0.2, 0.25) is 0 Å². The Morgan fingerprint density at radius 1 is 1.40 bits per heavy atom. The van der Waals surface area contributed by atoms with Gasteiger partial charge in [-0.2, -0.15) is 0 Å². The maximum atomic E-state index is 12.2. The van der Waals surface area contributed by atoms with Crippen molar-refractivity contribution in [2.24, 2.45) is 5.41 Å². The third-order valence-electron chi connectivity index (χ3n) is 3.92. The van der Waals surface area contributed by atoms with Crippen LogP contribution < -0.4 is 5.32 Å². The molecule has 1 aromatic rings. The molecular weight excluding hydrogens is 250 g/mol. The molecule has 2 N–H and O–H groups in total. The van der Waals surface area contributed by atoms with Crippen molar-refractivity contribution < 1.29 is 9.90 Å². The molecule has 106 valence electrons. The molecule has 3 nitrogen and oxygen atoms in total. The van der Waals surface area contributed by atoms with Crippen molar-refractivity contribution in [2.45, 2.75) is 32.6 Å². The first kappa shape index (κ1) is 14.6. The van der Waals surface area contributed by atoms with Gasteiger partial charge in [-0.15, -0.1) is 0 Å². The molecule has 2 rings (SSSR count). The molecule has 0 spiro atoms. The van der Waals surface area contributed by atoms with Gasteiger partial charge in [0.2, 0.25) is 0 Å². The second-order valence-corrected chi connectivity index (χ2v) is 5.74. The number of carbonyl (C=O) groups is 1. The third-order valence-corrected chi connectivity index (χ3v) is 3.92. The van der Waals surface area contributed by atoms with Crippen molar-refractivity contribution in [3.63, 3.8) is 0 Å². The smallest absolute Gasteiger partial charge is 0.251 e. The number of carbonyl (C=O) groups excluding carboxylic acids is 1. The minimum absolute atomic E-state index is 0.0502. The van der Waals surface area contributed by atoms with Crippen LogP contribution in [0.25, 0.3) is 0 Å². The topological polar surface area (TPSA) is 49.3 Å². The van der Waals surface area contributed by atoms with E-state index >= 15 is 0 Å². The number of aliphatic hydroxyl groups is 1. The number of benzene rings is 1. The lowest BCUT2D eigenvalue weighted by Gasteiger charge is -2.23. The molecule has 0 aromatic heterocycles. The summed E-state index contributed by atoms with van der Waals surface area (Å²) in [4.78, 5) is 12.2. The maximum absolute atomic E-state index is 12.2. The highest BCUT2D eigenvalue weighted by atomic mass is 16.2. The fourth-order valence-corrected chi connectivity index (χ4v) is 2.68. The molecule has 20 heavy (non-hydrogen) atoms. The second-order valence-electron chi connectivity index (χ2n) is 5.74. The molecule has 1 aromatic carbocycles. The van der Waals surface area contributed by atoms with Gasteiger partial charge in [-0.3, -0.25) is 4.79 Å². The number of nitrogens with one attached hydrogen (secondary N) is 1. The zero-order chi connectivity index (χ0) is 14.4. The SMILES string of the molecule is CC1(CNC(=O)c2cccc(C#CCO)c2)CCCC1. The Labute approximate surface area is 120 Å². The van der Waals surface area contributed by atoms with Gasteiger partial charge in [0, 0.05) is 17.7 Å². The summed E-state index contributed by atoms with van der Waals surface area (Å²) in [6, 6.07) is 7.19. The summed E-state index contributed by atoms with van der Waals surface area (Å²) in [6.07, 6.45) is 4.90. The highest BCUT2D eigenvalue weighted by Crippen LogP contribution is 2.36. The molecule has 1 aliphatic carbocycles. The van der Waals surface area contributed by atoms with Crippen LogP contribution in [0.15, 0.2) is 24.3 Å². The average Bonchev–Trinajstić information content (AvgIpc) is 2.90. The van der Waals surface area contributed by atoms with E-state index in [-0.39, 0.29) is 17.9 Å². The van der Waals surface area contributed by atoms with Gasteiger partial charge in [-0.1, -0.05) is 37.7 Å². The fourth-order valence-electron chi connectivity index (χ4n) is 2.68. The Morgan fingerprint density at radius 3 is 2.85 bits per heavy atom. The van der Waals surface area contributed by atoms with Gasteiger partial charge in [0.1, 0.15) is 6.61 Å². The summed E-state index contributed by atoms with van der Waals surface area (Å²) in [6.45, 7) is 2.80. The molecule has 1 saturated carbocycles. The normalized spacial score (nSPS) is 16.3. The van der Waals surface area contributed by atoms with Crippen LogP contribution in [0.4, 0.5) is 0 Å². The quantitative estimate of drug-likeness (QED) is 0.829. The van der Waals surface area contributed by atoms with E-state index in [1.807, 2.05) is 12.1 Å². The van der Waals surface area contributed by atoms with Crippen molar-refractivity contribution in [3.8, 4) is 11.8 Å². The molecule has 0 saturated heterocycles. The first-order valence-electron chi connectivity index (χ1n) is 7.11. The van der Waals surface area contributed by atoms with Crippen molar-refractivity contribution in [1.82, 2.24) is 5.32 Å². The van der Waals surface area contributed by atoms with Gasteiger partial charge in [-0.25, -0.2) is 0 Å². The van der Waals surface area contributed by atoms with E-state index in [0.717, 1.165) is 12.1 Å². The van der Waals surface area contributed by atoms with E-state index < -0.39 is 0 Å². The standard InChI is InChI=1S/C17H21NO2/c1-17(9-2-3-10-17)13-18-16(20)15-8-4-6-14(12-15)7-5-11-19/h4,6,8,12,19H,2-3,9-11,13H2,1H3,(H,18,20). The van der Waals surface area contributed by atoms with Gasteiger partial charge in [0.15, 0.2) is 0 Å². The fraction of sp³-hybridized carbons (Fsp3) is 0.471. The summed E-state index contributed by atoms with van der Waals surface area (Å²) < 4.78 is 0. The van der Waals surface area contributed by atoms with E-state index in [0.29, 0.717) is 5.56 Å². The lowest BCUT2D eigenvalue weighted by atomic mass is 9.89. The molecular formula is C17H21NO2. The Kier molecular flexibility index (Phi) is 4.81. The van der Waals surface area contributed by atoms with E-state index in [9.17, 15) is 4.79 Å². The van der Waals surface area contributed by atoms with Crippen LogP contribution in [0.3, 0.4) is 0 Å². The molecule has 0 atom stereocenters. The average molecular weight is 271 g/mol. The van der Waals surface area contributed by atoms with Crippen LogP contribution >= 0.6 is 0 Å². The summed E-state index contributed by atoms with van der Waals surface area (Å²) >= 11 is 0. The number of aliphatic hydroxyl groups excluding tert-OH is 1. The zero-order valence-corrected chi connectivity index (χ0v) is 11.9. The van der Waals surface area contributed by atoms with Gasteiger partial charge >= 0.3 is 0 Å². The van der Waals surface area contributed by atoms with E-state index in [1.165, 1.54) is 25.7 Å². The molecule has 0 aliphatic heterocycles. The molecule has 3 heteroatoms. The Balaban J connectivity index is 1.98. The molecule has 1 fully saturated rings. The monoisotopic (exact) mass is 271 g/mol. The van der Waals surface area contributed by atoms with Gasteiger partial charge in [-0.05, 0) is 36.5 Å². The highest BCUT2D eigenvalue weighted by Gasteiger charge is 2.28. The molecule has 0 heterocycles. The largest absolute Gasteiger partial charge is 0.384 e. The molecule has 0 unspecified atom stereocenters. The summed E-state index contributed by atoms with van der Waals surface area (Å²) in [5.41, 5.74) is 1.62. The van der Waals surface area contributed by atoms with Gasteiger partial charge in [0.05, 0.1) is 0 Å². The summed E-state index contributed by atoms with van der Waals surface area (Å²) in [5, 5.41) is 11.7. The Morgan fingerprint density at radius 2 is 2.15 bits per heavy atom. The zero-order valence-electron chi connectivity index (χ0n) is 11.9.